The minimum absolute atomic E-state index is 0.946. The van der Waals surface area contributed by atoms with Gasteiger partial charge in [0.25, 0.3) is 16.5 Å². The molecule has 4 aromatic carbocycles. The van der Waals surface area contributed by atoms with Crippen molar-refractivity contribution in [1.82, 2.24) is 0 Å². The molecule has 4 aromatic heterocycles. The van der Waals surface area contributed by atoms with E-state index in [9.17, 15) is 0 Å². The third-order valence-electron chi connectivity index (χ3n) is 7.94. The molecule has 8 rings (SSSR count). The van der Waals surface area contributed by atoms with Gasteiger partial charge >= 0.3 is 0 Å². The van der Waals surface area contributed by atoms with Crippen LogP contribution in [0.2, 0.25) is 0 Å². The van der Waals surface area contributed by atoms with Gasteiger partial charge in [-0.25, -0.2) is 18.3 Å². The molecule has 0 amide bonds. The molecule has 8 aromatic rings. The summed E-state index contributed by atoms with van der Waals surface area (Å²) in [6.45, 7) is 3.78. The Morgan fingerprint density at radius 3 is 0.550 bits per heavy atom. The van der Waals surface area contributed by atoms with Crippen LogP contribution >= 0.6 is 16.5 Å². The molecule has 0 radical (unpaired) electrons. The molecular formula is C48H48N4O6P2+2. The Morgan fingerprint density at radius 1 is 0.267 bits per heavy atom. The van der Waals surface area contributed by atoms with Crippen molar-refractivity contribution in [3.8, 4) is 0 Å². The van der Waals surface area contributed by atoms with E-state index in [1.807, 2.05) is 97.1 Å². The van der Waals surface area contributed by atoms with Crippen molar-refractivity contribution < 1.29 is 47.0 Å². The fourth-order valence-electron chi connectivity index (χ4n) is 5.34. The maximum atomic E-state index is 8.48. The lowest BCUT2D eigenvalue weighted by Crippen LogP contribution is -2.32. The minimum Gasteiger partial charge on any atom is -0.598 e. The standard InChI is InChI=1S/4C12H12N.2HO3P/c4*1-3-7-12(8-4-1)11-13-9-5-2-6-10-13;2*1-4(2)3/h4*1-10H,11H2;2*(H,1,2,3)/q4*+1;;/p-2. The molecule has 10 nitrogen and oxygen atoms in total. The third-order valence-corrected chi connectivity index (χ3v) is 7.94. The van der Waals surface area contributed by atoms with Crippen LogP contribution < -0.4 is 37.8 Å². The van der Waals surface area contributed by atoms with Crippen LogP contribution in [0.5, 0.6) is 0 Å². The molecule has 0 atom stereocenters. The van der Waals surface area contributed by atoms with Crippen LogP contribution in [0.1, 0.15) is 22.3 Å². The van der Waals surface area contributed by atoms with Gasteiger partial charge in [-0.3, -0.25) is 0 Å². The number of aromatic nitrogens is 4. The molecule has 304 valence electrons. The zero-order chi connectivity index (χ0) is 42.9. The molecule has 0 N–H and O–H groups in total. The fourth-order valence-corrected chi connectivity index (χ4v) is 5.34. The lowest BCUT2D eigenvalue weighted by Gasteiger charge is -1.95. The Balaban J connectivity index is 0.000000201. The van der Waals surface area contributed by atoms with Gasteiger partial charge in [0.2, 0.25) is 0 Å². The maximum Gasteiger partial charge on any atom is 0.276 e. The first-order valence-electron chi connectivity index (χ1n) is 18.8. The first kappa shape index (κ1) is 47.9. The highest BCUT2D eigenvalue weighted by Gasteiger charge is 2.01. The van der Waals surface area contributed by atoms with Crippen LogP contribution in [0.4, 0.5) is 0 Å². The van der Waals surface area contributed by atoms with E-state index >= 15 is 0 Å². The lowest BCUT2D eigenvalue weighted by molar-refractivity contribution is -0.688. The average Bonchev–Trinajstić information content (AvgIpc) is 3.27. The summed E-state index contributed by atoms with van der Waals surface area (Å²) in [7, 11) is -6.74. The summed E-state index contributed by atoms with van der Waals surface area (Å²) in [5.41, 5.74) is 5.33. The molecule has 0 aliphatic rings. The summed E-state index contributed by atoms with van der Waals surface area (Å²) in [6, 6.07) is 66.3. The van der Waals surface area contributed by atoms with Crippen LogP contribution in [-0.2, 0) is 35.3 Å². The van der Waals surface area contributed by atoms with Crippen molar-refractivity contribution >= 4 is 16.5 Å². The Morgan fingerprint density at radius 2 is 0.400 bits per heavy atom. The Bertz CT molecular complexity index is 1790. The van der Waals surface area contributed by atoms with E-state index in [0.29, 0.717) is 0 Å². The quantitative estimate of drug-likeness (QED) is 0.159. The summed E-state index contributed by atoms with van der Waals surface area (Å²) in [5.74, 6) is 0. The zero-order valence-corrected chi connectivity index (χ0v) is 34.8. The second-order valence-electron chi connectivity index (χ2n) is 12.6. The van der Waals surface area contributed by atoms with E-state index in [1.165, 1.54) is 22.3 Å². The first-order valence-corrected chi connectivity index (χ1v) is 21.0. The minimum atomic E-state index is -3.37. The zero-order valence-electron chi connectivity index (χ0n) is 33.1. The van der Waals surface area contributed by atoms with Gasteiger partial charge in [-0.05, 0) is 0 Å². The highest BCUT2D eigenvalue weighted by atomic mass is 31.1. The van der Waals surface area contributed by atoms with Crippen LogP contribution in [-0.4, -0.2) is 0 Å². The largest absolute Gasteiger partial charge is 0.598 e. The van der Waals surface area contributed by atoms with E-state index in [2.05, 4.69) is 165 Å². The molecule has 0 spiro atoms. The van der Waals surface area contributed by atoms with E-state index in [0.717, 1.165) is 26.2 Å². The van der Waals surface area contributed by atoms with Gasteiger partial charge in [-0.2, -0.15) is 0 Å². The fraction of sp³-hybridized carbons (Fsp3) is 0.0833. The molecule has 0 saturated carbocycles. The van der Waals surface area contributed by atoms with Crippen LogP contribution in [0.3, 0.4) is 0 Å². The Labute approximate surface area is 354 Å². The van der Waals surface area contributed by atoms with Crippen molar-refractivity contribution in [2.24, 2.45) is 0 Å². The number of benzene rings is 4. The summed E-state index contributed by atoms with van der Waals surface area (Å²) in [5, 5.41) is 0. The molecule has 60 heavy (non-hydrogen) atoms. The lowest BCUT2D eigenvalue weighted by atomic mass is 10.2. The van der Waals surface area contributed by atoms with Gasteiger partial charge < -0.3 is 19.6 Å². The normalized spacial score (nSPS) is 9.40. The van der Waals surface area contributed by atoms with Gasteiger partial charge in [0.15, 0.2) is 75.8 Å². The predicted octanol–water partition coefficient (Wildman–Crippen LogP) is 4.82. The molecule has 0 aliphatic carbocycles. The molecule has 4 heterocycles. The molecule has 0 unspecified atom stereocenters. The smallest absolute Gasteiger partial charge is 0.276 e. The topological polar surface area (TPSA) is 142 Å². The number of hydrogen-bond donors (Lipinski definition) is 0. The Kier molecular flexibility index (Phi) is 24.4. The van der Waals surface area contributed by atoms with Gasteiger partial charge in [-0.15, -0.1) is 0 Å². The number of pyridine rings is 4. The van der Waals surface area contributed by atoms with E-state index in [-0.39, 0.29) is 0 Å². The predicted molar refractivity (Wildman–Crippen MR) is 224 cm³/mol. The maximum absolute atomic E-state index is 8.48. The van der Waals surface area contributed by atoms with Crippen molar-refractivity contribution in [2.45, 2.75) is 26.2 Å². The third kappa shape index (κ3) is 24.3. The van der Waals surface area contributed by atoms with Crippen molar-refractivity contribution in [3.63, 3.8) is 0 Å². The first-order chi connectivity index (χ1) is 29.3. The summed E-state index contributed by atoms with van der Waals surface area (Å²) < 4.78 is 25.6. The van der Waals surface area contributed by atoms with Gasteiger partial charge in [0.1, 0.15) is 0 Å². The van der Waals surface area contributed by atoms with Gasteiger partial charge in [-0.1, -0.05) is 155 Å². The molecule has 0 bridgehead atoms. The molecule has 0 aliphatic heterocycles. The second kappa shape index (κ2) is 30.6. The monoisotopic (exact) mass is 838 g/mol. The number of nitrogens with zero attached hydrogens (tertiary/aromatic N) is 4. The van der Waals surface area contributed by atoms with Crippen molar-refractivity contribution in [3.05, 3.63) is 266 Å². The number of rotatable bonds is 8. The SMILES string of the molecule is O=[P+]([O-])[O-].O=[P+]([O-])[O-].c1ccc(C[n+]2ccccc2)cc1.c1ccc(C[n+]2ccccc2)cc1.c1ccc(C[n+]2ccccc2)cc1.c1ccc(C[n+]2ccccc2)cc1. The van der Waals surface area contributed by atoms with Crippen molar-refractivity contribution in [1.29, 1.82) is 0 Å². The summed E-state index contributed by atoms with van der Waals surface area (Å²) >= 11 is 0. The van der Waals surface area contributed by atoms with Crippen molar-refractivity contribution in [2.75, 3.05) is 0 Å². The average molecular weight is 839 g/mol. The molecule has 0 fully saturated rings. The highest BCUT2D eigenvalue weighted by Crippen LogP contribution is 1.99. The summed E-state index contributed by atoms with van der Waals surface area (Å²) in [4.78, 5) is 33.9. The second-order valence-corrected chi connectivity index (χ2v) is 13.5. The molecule has 0 saturated heterocycles. The summed E-state index contributed by atoms with van der Waals surface area (Å²) in [6.07, 6.45) is 16.6. The van der Waals surface area contributed by atoms with E-state index in [4.69, 9.17) is 28.7 Å². The highest BCUT2D eigenvalue weighted by molar-refractivity contribution is 7.27. The van der Waals surface area contributed by atoms with Gasteiger partial charge in [0, 0.05) is 70.8 Å². The van der Waals surface area contributed by atoms with E-state index < -0.39 is 16.5 Å². The van der Waals surface area contributed by atoms with Gasteiger partial charge in [0.05, 0.1) is 0 Å². The van der Waals surface area contributed by atoms with Crippen LogP contribution in [0.25, 0.3) is 0 Å². The Hall–Kier alpha value is -6.48. The molecule has 12 heteroatoms. The van der Waals surface area contributed by atoms with E-state index in [1.54, 1.807) is 0 Å². The van der Waals surface area contributed by atoms with Crippen LogP contribution in [0.15, 0.2) is 244 Å². The molecular weight excluding hydrogens is 790 g/mol. The van der Waals surface area contributed by atoms with Crippen LogP contribution in [0, 0.1) is 0 Å². The number of hydrogen-bond acceptors (Lipinski definition) is 6.